The summed E-state index contributed by atoms with van der Waals surface area (Å²) in [6.07, 6.45) is 2.62. The average molecular weight is 322 g/mol. The summed E-state index contributed by atoms with van der Waals surface area (Å²) in [5.41, 5.74) is 2.01. The van der Waals surface area contributed by atoms with Gasteiger partial charge in [0.05, 0.1) is 11.8 Å². The zero-order chi connectivity index (χ0) is 16.9. The molecule has 0 fully saturated rings. The maximum atomic E-state index is 12.2. The van der Waals surface area contributed by atoms with Gasteiger partial charge in [-0.2, -0.15) is 0 Å². The summed E-state index contributed by atoms with van der Waals surface area (Å²) in [5.74, 6) is 0.407. The molecule has 0 amide bonds. The lowest BCUT2D eigenvalue weighted by Crippen LogP contribution is -2.24. The zero-order valence-corrected chi connectivity index (χ0v) is 13.3. The van der Waals surface area contributed by atoms with Crippen LogP contribution in [0.4, 0.5) is 5.95 Å². The molecule has 122 valence electrons. The summed E-state index contributed by atoms with van der Waals surface area (Å²) in [6, 6.07) is 14.4. The molecule has 0 spiro atoms. The monoisotopic (exact) mass is 322 g/mol. The van der Waals surface area contributed by atoms with Gasteiger partial charge < -0.3 is 10.4 Å². The number of nitrogens with zero attached hydrogens (tertiary/aromatic N) is 3. The van der Waals surface area contributed by atoms with Gasteiger partial charge in [0.1, 0.15) is 0 Å². The summed E-state index contributed by atoms with van der Waals surface area (Å²) in [4.78, 5) is 20.6. The second-order valence-electron chi connectivity index (χ2n) is 5.41. The molecular formula is C18H18N4O2. The van der Waals surface area contributed by atoms with Gasteiger partial charge in [-0.3, -0.25) is 14.3 Å². The van der Waals surface area contributed by atoms with Gasteiger partial charge in [0.2, 0.25) is 5.95 Å². The second kappa shape index (κ2) is 7.06. The minimum absolute atomic E-state index is 0.173. The second-order valence-corrected chi connectivity index (χ2v) is 5.41. The lowest BCUT2D eigenvalue weighted by molar-refractivity contribution is 0.191. The van der Waals surface area contributed by atoms with E-state index in [1.807, 2.05) is 30.3 Å². The fourth-order valence-corrected chi connectivity index (χ4v) is 2.35. The van der Waals surface area contributed by atoms with Crippen molar-refractivity contribution in [3.63, 3.8) is 0 Å². The number of rotatable bonds is 5. The quantitative estimate of drug-likeness (QED) is 0.751. The van der Waals surface area contributed by atoms with E-state index < -0.39 is 6.10 Å². The smallest absolute Gasteiger partial charge is 0.255 e. The molecule has 0 saturated carbocycles. The largest absolute Gasteiger partial charge is 0.387 e. The van der Waals surface area contributed by atoms with Crippen LogP contribution in [0.2, 0.25) is 0 Å². The van der Waals surface area contributed by atoms with Crippen molar-refractivity contribution in [1.29, 1.82) is 0 Å². The van der Waals surface area contributed by atoms with Crippen molar-refractivity contribution >= 4 is 5.95 Å². The molecule has 24 heavy (non-hydrogen) atoms. The molecule has 6 nitrogen and oxygen atoms in total. The van der Waals surface area contributed by atoms with Crippen LogP contribution >= 0.6 is 0 Å². The van der Waals surface area contributed by atoms with Crippen molar-refractivity contribution in [1.82, 2.24) is 14.5 Å². The number of hydrogen-bond donors (Lipinski definition) is 2. The molecule has 0 aliphatic carbocycles. The van der Waals surface area contributed by atoms with Gasteiger partial charge in [0, 0.05) is 37.6 Å². The first kappa shape index (κ1) is 15.9. The predicted molar refractivity (Wildman–Crippen MR) is 92.6 cm³/mol. The van der Waals surface area contributed by atoms with Gasteiger partial charge in [0.15, 0.2) is 0 Å². The molecule has 0 aliphatic rings. The predicted octanol–water partition coefficient (Wildman–Crippen LogP) is 1.99. The Hall–Kier alpha value is -2.99. The van der Waals surface area contributed by atoms with Gasteiger partial charge in [-0.15, -0.1) is 0 Å². The molecule has 3 aromatic rings. The molecule has 1 atom stereocenters. The maximum absolute atomic E-state index is 12.2. The molecule has 1 aromatic carbocycles. The minimum atomic E-state index is -0.687. The maximum Gasteiger partial charge on any atom is 0.255 e. The van der Waals surface area contributed by atoms with E-state index in [4.69, 9.17) is 0 Å². The summed E-state index contributed by atoms with van der Waals surface area (Å²) >= 11 is 0. The van der Waals surface area contributed by atoms with Gasteiger partial charge in [0.25, 0.3) is 5.56 Å². The van der Waals surface area contributed by atoms with Gasteiger partial charge in [-0.05, 0) is 17.7 Å². The van der Waals surface area contributed by atoms with Crippen molar-refractivity contribution in [2.75, 3.05) is 11.9 Å². The Kier molecular flexibility index (Phi) is 4.67. The first-order valence-electron chi connectivity index (χ1n) is 7.60. The van der Waals surface area contributed by atoms with Crippen LogP contribution in [0.3, 0.4) is 0 Å². The SMILES string of the molecule is Cn1c(NCC(O)c2ccccc2)nc(-c2ccncc2)cc1=O. The third-order valence-electron chi connectivity index (χ3n) is 3.75. The number of aliphatic hydroxyl groups is 1. The first-order chi connectivity index (χ1) is 11.6. The molecule has 0 saturated heterocycles. The van der Waals surface area contributed by atoms with Gasteiger partial charge in [-0.25, -0.2) is 4.98 Å². The summed E-state index contributed by atoms with van der Waals surface area (Å²) < 4.78 is 1.42. The van der Waals surface area contributed by atoms with E-state index in [1.165, 1.54) is 10.6 Å². The third kappa shape index (κ3) is 3.49. The number of hydrogen-bond acceptors (Lipinski definition) is 5. The van der Waals surface area contributed by atoms with E-state index in [2.05, 4.69) is 15.3 Å². The lowest BCUT2D eigenvalue weighted by Gasteiger charge is -2.15. The van der Waals surface area contributed by atoms with Crippen LogP contribution < -0.4 is 10.9 Å². The Balaban J connectivity index is 1.83. The molecule has 1 unspecified atom stereocenters. The molecule has 2 aromatic heterocycles. The van der Waals surface area contributed by atoms with E-state index in [9.17, 15) is 9.90 Å². The average Bonchev–Trinajstić information content (AvgIpc) is 2.64. The molecule has 6 heteroatoms. The van der Waals surface area contributed by atoms with Gasteiger partial charge >= 0.3 is 0 Å². The van der Waals surface area contributed by atoms with E-state index in [0.717, 1.165) is 11.1 Å². The van der Waals surface area contributed by atoms with Crippen LogP contribution in [-0.4, -0.2) is 26.2 Å². The molecule has 0 radical (unpaired) electrons. The van der Waals surface area contributed by atoms with Crippen LogP contribution in [0, 0.1) is 0 Å². The molecule has 0 aliphatic heterocycles. The highest BCUT2D eigenvalue weighted by atomic mass is 16.3. The summed E-state index contributed by atoms with van der Waals surface area (Å²) in [7, 11) is 1.64. The normalized spacial score (nSPS) is 11.9. The zero-order valence-electron chi connectivity index (χ0n) is 13.3. The highest BCUT2D eigenvalue weighted by Crippen LogP contribution is 2.17. The Labute approximate surface area is 139 Å². The Bertz CT molecular complexity index is 863. The Morgan fingerprint density at radius 1 is 1.17 bits per heavy atom. The number of aromatic nitrogens is 3. The lowest BCUT2D eigenvalue weighted by atomic mass is 10.1. The molecule has 2 N–H and O–H groups in total. The van der Waals surface area contributed by atoms with Crippen molar-refractivity contribution in [2.45, 2.75) is 6.10 Å². The standard InChI is InChI=1S/C18H18N4O2/c1-22-17(24)11-15(13-7-9-19-10-8-13)21-18(22)20-12-16(23)14-5-3-2-4-6-14/h2-11,16,23H,12H2,1H3,(H,20,21). The van der Waals surface area contributed by atoms with Crippen molar-refractivity contribution in [3.05, 3.63) is 76.8 Å². The van der Waals surface area contributed by atoms with Crippen LogP contribution in [0.15, 0.2) is 65.7 Å². The molecule has 2 heterocycles. The van der Waals surface area contributed by atoms with E-state index in [-0.39, 0.29) is 12.1 Å². The topological polar surface area (TPSA) is 80.0 Å². The van der Waals surface area contributed by atoms with Crippen LogP contribution in [0.5, 0.6) is 0 Å². The van der Waals surface area contributed by atoms with Crippen LogP contribution in [-0.2, 0) is 7.05 Å². The van der Waals surface area contributed by atoms with Crippen LogP contribution in [0.1, 0.15) is 11.7 Å². The number of nitrogens with one attached hydrogen (secondary N) is 1. The Morgan fingerprint density at radius 3 is 2.58 bits per heavy atom. The summed E-state index contributed by atoms with van der Waals surface area (Å²) in [6.45, 7) is 0.254. The van der Waals surface area contributed by atoms with Crippen molar-refractivity contribution in [2.24, 2.45) is 7.05 Å². The van der Waals surface area contributed by atoms with Crippen molar-refractivity contribution < 1.29 is 5.11 Å². The van der Waals surface area contributed by atoms with E-state index in [1.54, 1.807) is 31.6 Å². The van der Waals surface area contributed by atoms with E-state index in [0.29, 0.717) is 11.6 Å². The third-order valence-corrected chi connectivity index (χ3v) is 3.75. The number of benzene rings is 1. The highest BCUT2D eigenvalue weighted by Gasteiger charge is 2.11. The molecule has 0 bridgehead atoms. The fraction of sp³-hybridized carbons (Fsp3) is 0.167. The number of anilines is 1. The van der Waals surface area contributed by atoms with Crippen LogP contribution in [0.25, 0.3) is 11.3 Å². The van der Waals surface area contributed by atoms with Crippen molar-refractivity contribution in [3.8, 4) is 11.3 Å². The minimum Gasteiger partial charge on any atom is -0.387 e. The molecular weight excluding hydrogens is 304 g/mol. The number of pyridine rings is 1. The van der Waals surface area contributed by atoms with E-state index >= 15 is 0 Å². The highest BCUT2D eigenvalue weighted by molar-refractivity contribution is 5.59. The van der Waals surface area contributed by atoms with Gasteiger partial charge in [-0.1, -0.05) is 30.3 Å². The summed E-state index contributed by atoms with van der Waals surface area (Å²) in [5, 5.41) is 13.3. The Morgan fingerprint density at radius 2 is 1.88 bits per heavy atom. The fourth-order valence-electron chi connectivity index (χ4n) is 2.35. The first-order valence-corrected chi connectivity index (χ1v) is 7.60. The molecule has 3 rings (SSSR count). The number of aliphatic hydroxyl groups excluding tert-OH is 1.